The third-order valence-electron chi connectivity index (χ3n) is 2.09. The molecule has 0 amide bonds. The Morgan fingerprint density at radius 1 is 1.65 bits per heavy atom. The van der Waals surface area contributed by atoms with Crippen LogP contribution in [0.25, 0.3) is 0 Å². The molecule has 0 fully saturated rings. The van der Waals surface area contributed by atoms with Crippen LogP contribution in [0.2, 0.25) is 0 Å². The summed E-state index contributed by atoms with van der Waals surface area (Å²) in [6.07, 6.45) is 0. The number of hydrogen-bond donors (Lipinski definition) is 1. The molecule has 0 radical (unpaired) electrons. The van der Waals surface area contributed by atoms with Crippen LogP contribution in [0.15, 0.2) is 22.7 Å². The summed E-state index contributed by atoms with van der Waals surface area (Å²) in [6.45, 7) is 0. The first-order chi connectivity index (χ1) is 8.06. The Balaban J connectivity index is 2.46. The van der Waals surface area contributed by atoms with Gasteiger partial charge in [-0.05, 0) is 27.6 Å². The quantitative estimate of drug-likeness (QED) is 0.846. The highest BCUT2D eigenvalue weighted by atomic mass is 79.9. The van der Waals surface area contributed by atoms with Crippen molar-refractivity contribution in [1.29, 1.82) is 0 Å². The van der Waals surface area contributed by atoms with E-state index in [0.29, 0.717) is 16.0 Å². The third-order valence-corrected chi connectivity index (χ3v) is 4.09. The van der Waals surface area contributed by atoms with Gasteiger partial charge in [0.1, 0.15) is 11.9 Å². The zero-order valence-corrected chi connectivity index (χ0v) is 11.7. The van der Waals surface area contributed by atoms with Crippen LogP contribution in [0.3, 0.4) is 0 Å². The van der Waals surface area contributed by atoms with Gasteiger partial charge in [0.2, 0.25) is 0 Å². The second-order valence-electron chi connectivity index (χ2n) is 3.36. The third kappa shape index (κ3) is 4.29. The van der Waals surface area contributed by atoms with Crippen LogP contribution in [0, 0.1) is 5.82 Å². The number of nitrogens with two attached hydrogens (primary N) is 1. The molecular formula is C11H13BrFNO2S. The first kappa shape index (κ1) is 14.5. The molecule has 0 heterocycles. The van der Waals surface area contributed by atoms with Crippen molar-refractivity contribution >= 4 is 33.7 Å². The van der Waals surface area contributed by atoms with Crippen LogP contribution in [-0.4, -0.2) is 24.9 Å². The van der Waals surface area contributed by atoms with Crippen molar-refractivity contribution in [3.8, 4) is 0 Å². The van der Waals surface area contributed by atoms with Gasteiger partial charge in [-0.1, -0.05) is 12.1 Å². The molecule has 0 aliphatic rings. The minimum atomic E-state index is -0.641. The van der Waals surface area contributed by atoms with E-state index in [1.165, 1.54) is 24.9 Å². The van der Waals surface area contributed by atoms with Crippen molar-refractivity contribution in [3.63, 3.8) is 0 Å². The summed E-state index contributed by atoms with van der Waals surface area (Å²) in [7, 11) is 1.30. The molecule has 17 heavy (non-hydrogen) atoms. The van der Waals surface area contributed by atoms with Crippen LogP contribution in [-0.2, 0) is 15.3 Å². The molecule has 2 N–H and O–H groups in total. The van der Waals surface area contributed by atoms with E-state index < -0.39 is 12.0 Å². The van der Waals surface area contributed by atoms with Crippen molar-refractivity contribution in [2.45, 2.75) is 11.8 Å². The first-order valence-electron chi connectivity index (χ1n) is 4.90. The Kier molecular flexibility index (Phi) is 5.94. The van der Waals surface area contributed by atoms with Crippen molar-refractivity contribution in [2.24, 2.45) is 5.73 Å². The van der Waals surface area contributed by atoms with Gasteiger partial charge < -0.3 is 10.5 Å². The molecule has 1 aromatic carbocycles. The summed E-state index contributed by atoms with van der Waals surface area (Å²) in [5.41, 5.74) is 6.42. The van der Waals surface area contributed by atoms with Crippen molar-refractivity contribution < 1.29 is 13.9 Å². The lowest BCUT2D eigenvalue weighted by molar-refractivity contribution is -0.141. The molecule has 1 atom stereocenters. The topological polar surface area (TPSA) is 52.3 Å². The Morgan fingerprint density at radius 2 is 2.35 bits per heavy atom. The number of ether oxygens (including phenoxy) is 1. The Hall–Kier alpha value is -0.590. The smallest absolute Gasteiger partial charge is 0.323 e. The van der Waals surface area contributed by atoms with Crippen LogP contribution >= 0.6 is 27.7 Å². The molecule has 0 saturated carbocycles. The van der Waals surface area contributed by atoms with E-state index in [1.54, 1.807) is 6.07 Å². The number of benzene rings is 1. The summed E-state index contributed by atoms with van der Waals surface area (Å²) in [6, 6.07) is 4.22. The van der Waals surface area contributed by atoms with Gasteiger partial charge in [0, 0.05) is 11.5 Å². The van der Waals surface area contributed by atoms with E-state index in [1.807, 2.05) is 6.07 Å². The molecule has 0 aliphatic heterocycles. The Labute approximate surface area is 112 Å². The molecule has 3 nitrogen and oxygen atoms in total. The minimum Gasteiger partial charge on any atom is -0.468 e. The lowest BCUT2D eigenvalue weighted by atomic mass is 10.2. The second kappa shape index (κ2) is 6.98. The maximum absolute atomic E-state index is 13.2. The molecule has 1 aromatic rings. The molecule has 94 valence electrons. The highest BCUT2D eigenvalue weighted by Crippen LogP contribution is 2.24. The van der Waals surface area contributed by atoms with Gasteiger partial charge in [-0.2, -0.15) is 11.8 Å². The monoisotopic (exact) mass is 321 g/mol. The van der Waals surface area contributed by atoms with Crippen LogP contribution in [0.4, 0.5) is 4.39 Å². The van der Waals surface area contributed by atoms with Crippen LogP contribution in [0.5, 0.6) is 0 Å². The van der Waals surface area contributed by atoms with E-state index in [4.69, 9.17) is 5.73 Å². The van der Waals surface area contributed by atoms with Crippen molar-refractivity contribution in [3.05, 3.63) is 34.1 Å². The maximum atomic E-state index is 13.2. The molecule has 1 rings (SSSR count). The number of thioether (sulfide) groups is 1. The second-order valence-corrected chi connectivity index (χ2v) is 5.18. The number of halogens is 2. The maximum Gasteiger partial charge on any atom is 0.323 e. The predicted octanol–water partition coefficient (Wildman–Crippen LogP) is 2.32. The fraction of sp³-hybridized carbons (Fsp3) is 0.364. The highest BCUT2D eigenvalue weighted by molar-refractivity contribution is 9.10. The van der Waals surface area contributed by atoms with E-state index in [9.17, 15) is 9.18 Å². The fourth-order valence-electron chi connectivity index (χ4n) is 1.18. The number of carbonyl (C=O) groups excluding carboxylic acids is 1. The van der Waals surface area contributed by atoms with Gasteiger partial charge in [0.15, 0.2) is 0 Å². The van der Waals surface area contributed by atoms with Crippen molar-refractivity contribution in [1.82, 2.24) is 0 Å². The minimum absolute atomic E-state index is 0.291. The van der Waals surface area contributed by atoms with Gasteiger partial charge in [0.05, 0.1) is 11.6 Å². The highest BCUT2D eigenvalue weighted by Gasteiger charge is 2.13. The molecule has 1 unspecified atom stereocenters. The Bertz CT molecular complexity index is 403. The SMILES string of the molecule is COC(=O)C(N)CSCc1cccc(F)c1Br. The average Bonchev–Trinajstić information content (AvgIpc) is 2.33. The summed E-state index contributed by atoms with van der Waals surface area (Å²) in [4.78, 5) is 11.0. The summed E-state index contributed by atoms with van der Waals surface area (Å²) in [5.74, 6) is 0.301. The molecule has 0 aliphatic carbocycles. The number of methoxy groups -OCH3 is 1. The largest absolute Gasteiger partial charge is 0.468 e. The normalized spacial score (nSPS) is 12.2. The van der Waals surface area contributed by atoms with Gasteiger partial charge in [-0.15, -0.1) is 0 Å². The van der Waals surface area contributed by atoms with E-state index in [-0.39, 0.29) is 5.82 Å². The zero-order valence-electron chi connectivity index (χ0n) is 9.28. The van der Waals surface area contributed by atoms with Crippen LogP contribution < -0.4 is 5.73 Å². The summed E-state index contributed by atoms with van der Waals surface area (Å²) < 4.78 is 18.2. The van der Waals surface area contributed by atoms with Gasteiger partial charge in [-0.25, -0.2) is 4.39 Å². The molecule has 0 aromatic heterocycles. The van der Waals surface area contributed by atoms with E-state index in [0.717, 1.165) is 5.56 Å². The summed E-state index contributed by atoms with van der Waals surface area (Å²) in [5, 5.41) is 0. The number of esters is 1. The van der Waals surface area contributed by atoms with Gasteiger partial charge in [0.25, 0.3) is 0 Å². The average molecular weight is 322 g/mol. The van der Waals surface area contributed by atoms with Gasteiger partial charge >= 0.3 is 5.97 Å². The standard InChI is InChI=1S/C11H13BrFNO2S/c1-16-11(15)9(14)6-17-5-7-3-2-4-8(13)10(7)12/h2-4,9H,5-6,14H2,1H3. The Morgan fingerprint density at radius 3 is 3.00 bits per heavy atom. The van der Waals surface area contributed by atoms with Gasteiger partial charge in [-0.3, -0.25) is 4.79 Å². The summed E-state index contributed by atoms with van der Waals surface area (Å²) >= 11 is 4.64. The lowest BCUT2D eigenvalue weighted by Crippen LogP contribution is -2.33. The van der Waals surface area contributed by atoms with E-state index in [2.05, 4.69) is 20.7 Å². The molecule has 0 spiro atoms. The number of carbonyl (C=O) groups is 1. The number of hydrogen-bond acceptors (Lipinski definition) is 4. The first-order valence-corrected chi connectivity index (χ1v) is 6.85. The van der Waals surface area contributed by atoms with Crippen molar-refractivity contribution in [2.75, 3.05) is 12.9 Å². The van der Waals surface area contributed by atoms with Crippen LogP contribution in [0.1, 0.15) is 5.56 Å². The molecule has 0 saturated heterocycles. The molecular weight excluding hydrogens is 309 g/mol. The van der Waals surface area contributed by atoms with E-state index >= 15 is 0 Å². The lowest BCUT2D eigenvalue weighted by Gasteiger charge is -2.09. The molecule has 6 heteroatoms. The fourth-order valence-corrected chi connectivity index (χ4v) is 2.73. The number of rotatable bonds is 5. The zero-order chi connectivity index (χ0) is 12.8. The predicted molar refractivity (Wildman–Crippen MR) is 70.3 cm³/mol. The molecule has 0 bridgehead atoms.